The van der Waals surface area contributed by atoms with Gasteiger partial charge < -0.3 is 5.11 Å². The van der Waals surface area contributed by atoms with Crippen LogP contribution in [0.2, 0.25) is 0 Å². The Labute approximate surface area is 97.1 Å². The van der Waals surface area contributed by atoms with Crippen LogP contribution in [0.5, 0.6) is 0 Å². The summed E-state index contributed by atoms with van der Waals surface area (Å²) in [5, 5.41) is 19.4. The zero-order valence-corrected chi connectivity index (χ0v) is 9.17. The van der Waals surface area contributed by atoms with E-state index in [1.54, 1.807) is 0 Å². The highest BCUT2D eigenvalue weighted by Crippen LogP contribution is 2.21. The zero-order valence-electron chi connectivity index (χ0n) is 9.17. The molecular formula is C11H11NO5. The maximum Gasteiger partial charge on any atom is 0.308 e. The first-order valence-electron chi connectivity index (χ1n) is 4.89. The Morgan fingerprint density at radius 1 is 1.47 bits per heavy atom. The fourth-order valence-electron chi connectivity index (χ4n) is 1.46. The molecular weight excluding hydrogens is 226 g/mol. The van der Waals surface area contributed by atoms with Crippen molar-refractivity contribution in [1.29, 1.82) is 0 Å². The average molecular weight is 237 g/mol. The molecule has 0 aromatic rings. The number of Topliss-reactive ketones (excluding diaryl/α,β-unsaturated/α-hetero) is 1. The number of carbonyl (C=O) groups excluding carboxylic acids is 1. The van der Waals surface area contributed by atoms with E-state index in [4.69, 9.17) is 5.11 Å². The van der Waals surface area contributed by atoms with Crippen molar-refractivity contribution in [2.75, 3.05) is 0 Å². The molecule has 0 atom stereocenters. The number of nitrogens with zero attached hydrogens (tertiary/aromatic N) is 1. The number of rotatable bonds is 4. The molecule has 0 amide bonds. The second kappa shape index (κ2) is 5.20. The number of carboxylic acid groups (broad SMARTS) is 1. The molecule has 0 radical (unpaired) electrons. The maximum atomic E-state index is 11.1. The van der Waals surface area contributed by atoms with E-state index in [1.165, 1.54) is 25.2 Å². The Morgan fingerprint density at radius 2 is 2.12 bits per heavy atom. The summed E-state index contributed by atoms with van der Waals surface area (Å²) in [6, 6.07) is 0. The normalized spacial score (nSPS) is 15.2. The minimum Gasteiger partial charge on any atom is -0.481 e. The van der Waals surface area contributed by atoms with Crippen molar-refractivity contribution in [2.45, 2.75) is 19.8 Å². The Morgan fingerprint density at radius 3 is 2.59 bits per heavy atom. The maximum absolute atomic E-state index is 11.1. The van der Waals surface area contributed by atoms with Gasteiger partial charge in [0.05, 0.1) is 11.3 Å². The van der Waals surface area contributed by atoms with E-state index >= 15 is 0 Å². The summed E-state index contributed by atoms with van der Waals surface area (Å²) < 4.78 is 0. The first-order chi connectivity index (χ1) is 7.91. The number of carbonyl (C=O) groups is 2. The van der Waals surface area contributed by atoms with Gasteiger partial charge in [0.25, 0.3) is 5.70 Å². The molecule has 1 N–H and O–H groups in total. The molecule has 0 unspecified atom stereocenters. The molecule has 0 saturated heterocycles. The van der Waals surface area contributed by atoms with Crippen LogP contribution >= 0.6 is 0 Å². The lowest BCUT2D eigenvalue weighted by atomic mass is 10.1. The summed E-state index contributed by atoms with van der Waals surface area (Å²) >= 11 is 0. The van der Waals surface area contributed by atoms with Crippen LogP contribution in [-0.2, 0) is 9.59 Å². The summed E-state index contributed by atoms with van der Waals surface area (Å²) in [6.45, 7) is 1.36. The van der Waals surface area contributed by atoms with Crippen molar-refractivity contribution < 1.29 is 19.6 Å². The summed E-state index contributed by atoms with van der Waals surface area (Å²) in [7, 11) is 0. The quantitative estimate of drug-likeness (QED) is 0.589. The molecule has 1 aliphatic rings. The van der Waals surface area contributed by atoms with Crippen molar-refractivity contribution in [3.63, 3.8) is 0 Å². The van der Waals surface area contributed by atoms with Crippen LogP contribution in [-0.4, -0.2) is 21.8 Å². The lowest BCUT2D eigenvalue weighted by molar-refractivity contribution is -0.421. The van der Waals surface area contributed by atoms with Gasteiger partial charge in [0.1, 0.15) is 0 Å². The molecule has 1 aliphatic carbocycles. The largest absolute Gasteiger partial charge is 0.481 e. The topological polar surface area (TPSA) is 97.5 Å². The number of ketones is 1. The fraction of sp³-hybridized carbons (Fsp3) is 0.273. The highest BCUT2D eigenvalue weighted by molar-refractivity contribution is 5.94. The third kappa shape index (κ3) is 3.37. The number of hydrogen-bond donors (Lipinski definition) is 1. The number of carboxylic acids is 1. The van der Waals surface area contributed by atoms with Crippen LogP contribution < -0.4 is 0 Å². The number of hydrogen-bond acceptors (Lipinski definition) is 4. The van der Waals surface area contributed by atoms with Crippen molar-refractivity contribution in [2.24, 2.45) is 0 Å². The zero-order chi connectivity index (χ0) is 13.0. The SMILES string of the molecule is CC(=O)C1=CC=C(CC(=O)O)C([N+](=O)[O-])=CC1. The van der Waals surface area contributed by atoms with Gasteiger partial charge in [-0.1, -0.05) is 12.2 Å². The monoisotopic (exact) mass is 237 g/mol. The number of aliphatic carboxylic acids is 1. The molecule has 6 nitrogen and oxygen atoms in total. The van der Waals surface area contributed by atoms with Crippen LogP contribution in [0.3, 0.4) is 0 Å². The van der Waals surface area contributed by atoms with E-state index in [1.807, 2.05) is 0 Å². The smallest absolute Gasteiger partial charge is 0.308 e. The van der Waals surface area contributed by atoms with Crippen molar-refractivity contribution in [1.82, 2.24) is 0 Å². The Bertz CT molecular complexity index is 470. The lowest BCUT2D eigenvalue weighted by Crippen LogP contribution is -2.06. The van der Waals surface area contributed by atoms with Gasteiger partial charge in [-0.25, -0.2) is 0 Å². The third-order valence-electron chi connectivity index (χ3n) is 2.32. The van der Waals surface area contributed by atoms with E-state index < -0.39 is 17.3 Å². The molecule has 0 aromatic heterocycles. The number of nitro groups is 1. The molecule has 0 heterocycles. The first kappa shape index (κ1) is 12.8. The highest BCUT2D eigenvalue weighted by atomic mass is 16.6. The predicted octanol–water partition coefficient (Wildman–Crippen LogP) is 1.47. The molecule has 0 saturated carbocycles. The average Bonchev–Trinajstić information content (AvgIpc) is 2.39. The summed E-state index contributed by atoms with van der Waals surface area (Å²) in [5.74, 6) is -1.33. The number of allylic oxidation sites excluding steroid dienone is 5. The van der Waals surface area contributed by atoms with Gasteiger partial charge >= 0.3 is 5.97 Å². The van der Waals surface area contributed by atoms with E-state index in [0.29, 0.717) is 5.57 Å². The minimum absolute atomic E-state index is 0.0961. The second-order valence-electron chi connectivity index (χ2n) is 3.56. The summed E-state index contributed by atoms with van der Waals surface area (Å²) in [4.78, 5) is 31.9. The van der Waals surface area contributed by atoms with Crippen molar-refractivity contribution >= 4 is 11.8 Å². The molecule has 17 heavy (non-hydrogen) atoms. The van der Waals surface area contributed by atoms with E-state index in [9.17, 15) is 19.7 Å². The van der Waals surface area contributed by atoms with Gasteiger partial charge in [0, 0.05) is 12.0 Å². The van der Waals surface area contributed by atoms with Gasteiger partial charge in [0.2, 0.25) is 0 Å². The van der Waals surface area contributed by atoms with Gasteiger partial charge in [0.15, 0.2) is 5.78 Å². The fourth-order valence-corrected chi connectivity index (χ4v) is 1.46. The second-order valence-corrected chi connectivity index (χ2v) is 3.56. The minimum atomic E-state index is -1.15. The van der Waals surface area contributed by atoms with Crippen LogP contribution in [0.1, 0.15) is 19.8 Å². The van der Waals surface area contributed by atoms with E-state index in [2.05, 4.69) is 0 Å². The Balaban J connectivity index is 3.12. The highest BCUT2D eigenvalue weighted by Gasteiger charge is 2.21. The van der Waals surface area contributed by atoms with Gasteiger partial charge in [-0.2, -0.15) is 0 Å². The molecule has 0 fully saturated rings. The molecule has 0 aromatic carbocycles. The first-order valence-corrected chi connectivity index (χ1v) is 4.89. The van der Waals surface area contributed by atoms with Gasteiger partial charge in [-0.05, 0) is 18.6 Å². The lowest BCUT2D eigenvalue weighted by Gasteiger charge is -1.99. The van der Waals surface area contributed by atoms with Crippen LogP contribution in [0.25, 0.3) is 0 Å². The Hall–Kier alpha value is -2.24. The van der Waals surface area contributed by atoms with Crippen LogP contribution in [0.15, 0.2) is 35.1 Å². The molecule has 0 spiro atoms. The Kier molecular flexibility index (Phi) is 3.92. The van der Waals surface area contributed by atoms with Crippen molar-refractivity contribution in [3.8, 4) is 0 Å². The van der Waals surface area contributed by atoms with E-state index in [-0.39, 0.29) is 23.5 Å². The standard InChI is InChI=1S/C11H11NO5/c1-7(13)8-2-3-9(6-11(14)15)10(5-4-8)12(16)17/h2-3,5H,4,6H2,1H3,(H,14,15). The van der Waals surface area contributed by atoms with E-state index in [0.717, 1.165) is 0 Å². The molecule has 0 aliphatic heterocycles. The third-order valence-corrected chi connectivity index (χ3v) is 2.32. The van der Waals surface area contributed by atoms with Gasteiger partial charge in [-0.15, -0.1) is 0 Å². The predicted molar refractivity (Wildman–Crippen MR) is 58.8 cm³/mol. The molecule has 6 heteroatoms. The molecule has 0 bridgehead atoms. The van der Waals surface area contributed by atoms with Gasteiger partial charge in [-0.3, -0.25) is 19.7 Å². The molecule has 1 rings (SSSR count). The van der Waals surface area contributed by atoms with Crippen LogP contribution in [0, 0.1) is 10.1 Å². The summed E-state index contributed by atoms with van der Waals surface area (Å²) in [5.41, 5.74) is 0.267. The summed E-state index contributed by atoms with van der Waals surface area (Å²) in [6.07, 6.45) is 3.74. The van der Waals surface area contributed by atoms with Crippen LogP contribution in [0.4, 0.5) is 0 Å². The van der Waals surface area contributed by atoms with Crippen molar-refractivity contribution in [3.05, 3.63) is 45.2 Å². The molecule has 90 valence electrons.